The van der Waals surface area contributed by atoms with Crippen LogP contribution >= 0.6 is 0 Å². The van der Waals surface area contributed by atoms with Gasteiger partial charge in [-0.1, -0.05) is 6.07 Å². The predicted molar refractivity (Wildman–Crippen MR) is 109 cm³/mol. The fourth-order valence-electron chi connectivity index (χ4n) is 2.43. The second-order valence-corrected chi connectivity index (χ2v) is 6.66. The van der Waals surface area contributed by atoms with Crippen LogP contribution in [0.5, 0.6) is 11.5 Å². The Hall–Kier alpha value is -3.95. The summed E-state index contributed by atoms with van der Waals surface area (Å²) in [7, 11) is 3.30. The number of benzene rings is 2. The lowest BCUT2D eigenvalue weighted by Crippen LogP contribution is -2.28. The van der Waals surface area contributed by atoms with Crippen LogP contribution in [0.15, 0.2) is 48.8 Å². The largest absolute Gasteiger partial charge is 0.484 e. The summed E-state index contributed by atoms with van der Waals surface area (Å²) >= 11 is 0. The molecule has 0 bridgehead atoms. The summed E-state index contributed by atoms with van der Waals surface area (Å²) < 4.78 is 12.6. The van der Waals surface area contributed by atoms with Crippen molar-refractivity contribution in [1.82, 2.24) is 25.1 Å². The van der Waals surface area contributed by atoms with E-state index in [2.05, 4.69) is 20.8 Å². The highest BCUT2D eigenvalue weighted by Gasteiger charge is 2.12. The molecule has 1 N–H and O–H groups in total. The number of aryl methyl sites for hydroxylation is 1. The van der Waals surface area contributed by atoms with E-state index < -0.39 is 0 Å². The minimum absolute atomic E-state index is 0.122. The summed E-state index contributed by atoms with van der Waals surface area (Å²) in [6.07, 6.45) is 1.48. The van der Waals surface area contributed by atoms with E-state index in [-0.39, 0.29) is 25.0 Å². The lowest BCUT2D eigenvalue weighted by molar-refractivity contribution is -0.130. The highest BCUT2D eigenvalue weighted by Crippen LogP contribution is 2.26. The number of anilines is 1. The predicted octanol–water partition coefficient (Wildman–Crippen LogP) is 1.46. The van der Waals surface area contributed by atoms with Crippen molar-refractivity contribution in [3.8, 4) is 17.2 Å². The molecule has 2 amide bonds. The first-order chi connectivity index (χ1) is 14.4. The van der Waals surface area contributed by atoms with Crippen molar-refractivity contribution >= 4 is 17.5 Å². The van der Waals surface area contributed by atoms with Gasteiger partial charge in [0.25, 0.3) is 11.8 Å². The van der Waals surface area contributed by atoms with Crippen molar-refractivity contribution < 1.29 is 19.1 Å². The van der Waals surface area contributed by atoms with Gasteiger partial charge in [0, 0.05) is 14.1 Å². The van der Waals surface area contributed by atoms with Crippen LogP contribution in [0.2, 0.25) is 0 Å². The van der Waals surface area contributed by atoms with Gasteiger partial charge in [0.2, 0.25) is 0 Å². The van der Waals surface area contributed by atoms with Crippen molar-refractivity contribution in [2.24, 2.45) is 0 Å². The standard InChI is InChI=1S/C20H22N6O4/c1-14-4-9-17(18(10-14)30-12-20(28)25(2)3)22-19(27)11-29-16-7-5-15(6-8-16)26-13-21-23-24-26/h4-10,13H,11-12H2,1-3H3,(H,22,27). The van der Waals surface area contributed by atoms with Crippen molar-refractivity contribution in [2.75, 3.05) is 32.6 Å². The molecule has 2 aromatic carbocycles. The molecule has 0 spiro atoms. The lowest BCUT2D eigenvalue weighted by Gasteiger charge is -2.15. The summed E-state index contributed by atoms with van der Waals surface area (Å²) in [6, 6.07) is 12.3. The number of aromatic nitrogens is 4. The molecule has 156 valence electrons. The second-order valence-electron chi connectivity index (χ2n) is 6.66. The van der Waals surface area contributed by atoms with Crippen LogP contribution in [0.1, 0.15) is 5.56 Å². The van der Waals surface area contributed by atoms with E-state index in [4.69, 9.17) is 9.47 Å². The summed E-state index contributed by atoms with van der Waals surface area (Å²) in [6.45, 7) is 1.59. The first-order valence-electron chi connectivity index (χ1n) is 9.12. The third-order valence-corrected chi connectivity index (χ3v) is 4.08. The SMILES string of the molecule is Cc1ccc(NC(=O)COc2ccc(-n3cnnn3)cc2)c(OCC(=O)N(C)C)c1. The summed E-state index contributed by atoms with van der Waals surface area (Å²) in [5, 5.41) is 13.7. The van der Waals surface area contributed by atoms with Gasteiger partial charge in [-0.3, -0.25) is 9.59 Å². The topological polar surface area (TPSA) is 111 Å². The van der Waals surface area contributed by atoms with Gasteiger partial charge >= 0.3 is 0 Å². The first kappa shape index (κ1) is 20.8. The monoisotopic (exact) mass is 410 g/mol. The molecule has 10 nitrogen and oxygen atoms in total. The van der Waals surface area contributed by atoms with E-state index in [9.17, 15) is 9.59 Å². The van der Waals surface area contributed by atoms with Crippen LogP contribution < -0.4 is 14.8 Å². The van der Waals surface area contributed by atoms with Gasteiger partial charge < -0.3 is 19.7 Å². The Morgan fingerprint density at radius 1 is 1.07 bits per heavy atom. The lowest BCUT2D eigenvalue weighted by atomic mass is 10.2. The number of tetrazole rings is 1. The van der Waals surface area contributed by atoms with Crippen molar-refractivity contribution in [3.63, 3.8) is 0 Å². The van der Waals surface area contributed by atoms with Gasteiger partial charge in [-0.2, -0.15) is 0 Å². The first-order valence-corrected chi connectivity index (χ1v) is 9.12. The molecule has 0 atom stereocenters. The molecule has 0 aliphatic rings. The van der Waals surface area contributed by atoms with E-state index in [0.717, 1.165) is 11.3 Å². The third kappa shape index (κ3) is 5.53. The minimum Gasteiger partial charge on any atom is -0.484 e. The van der Waals surface area contributed by atoms with Crippen molar-refractivity contribution in [1.29, 1.82) is 0 Å². The Morgan fingerprint density at radius 2 is 1.83 bits per heavy atom. The number of ether oxygens (including phenoxy) is 2. The Bertz CT molecular complexity index is 1000. The van der Waals surface area contributed by atoms with Crippen LogP contribution in [0.4, 0.5) is 5.69 Å². The normalized spacial score (nSPS) is 10.4. The average molecular weight is 410 g/mol. The van der Waals surface area contributed by atoms with Crippen molar-refractivity contribution in [2.45, 2.75) is 6.92 Å². The molecule has 0 fully saturated rings. The zero-order valence-electron chi connectivity index (χ0n) is 16.9. The third-order valence-electron chi connectivity index (χ3n) is 4.08. The molecule has 10 heteroatoms. The maximum absolute atomic E-state index is 12.3. The van der Waals surface area contributed by atoms with Crippen LogP contribution in [0.25, 0.3) is 5.69 Å². The van der Waals surface area contributed by atoms with Crippen LogP contribution in [-0.4, -0.2) is 64.2 Å². The van der Waals surface area contributed by atoms with E-state index >= 15 is 0 Å². The number of carbonyl (C=O) groups excluding carboxylic acids is 2. The Labute approximate surface area is 173 Å². The van der Waals surface area contributed by atoms with Gasteiger partial charge in [-0.25, -0.2) is 4.68 Å². The molecule has 3 rings (SSSR count). The second kappa shape index (κ2) is 9.50. The molecule has 0 aliphatic heterocycles. The van der Waals surface area contributed by atoms with E-state index in [1.54, 1.807) is 50.5 Å². The highest BCUT2D eigenvalue weighted by molar-refractivity contribution is 5.93. The molecular weight excluding hydrogens is 388 g/mol. The van der Waals surface area contributed by atoms with E-state index in [1.807, 2.05) is 13.0 Å². The number of rotatable bonds is 8. The van der Waals surface area contributed by atoms with Gasteiger partial charge in [-0.15, -0.1) is 5.10 Å². The number of nitrogens with one attached hydrogen (secondary N) is 1. The van der Waals surface area contributed by atoms with Gasteiger partial charge in [-0.05, 0) is 59.3 Å². The van der Waals surface area contributed by atoms with E-state index in [1.165, 1.54) is 15.9 Å². The van der Waals surface area contributed by atoms with Gasteiger partial charge in [0.15, 0.2) is 13.2 Å². The fourth-order valence-corrected chi connectivity index (χ4v) is 2.43. The zero-order valence-corrected chi connectivity index (χ0v) is 16.9. The molecule has 1 aromatic heterocycles. The quantitative estimate of drug-likeness (QED) is 0.598. The minimum atomic E-state index is -0.354. The number of amides is 2. The van der Waals surface area contributed by atoms with Gasteiger partial charge in [0.05, 0.1) is 11.4 Å². The molecular formula is C20H22N6O4. The number of nitrogens with zero attached hydrogens (tertiary/aromatic N) is 5. The smallest absolute Gasteiger partial charge is 0.262 e. The maximum Gasteiger partial charge on any atom is 0.262 e. The highest BCUT2D eigenvalue weighted by atomic mass is 16.5. The molecule has 0 saturated heterocycles. The fraction of sp³-hybridized carbons (Fsp3) is 0.250. The molecule has 30 heavy (non-hydrogen) atoms. The number of likely N-dealkylation sites (N-methyl/N-ethyl adjacent to an activating group) is 1. The number of carbonyl (C=O) groups is 2. The summed E-state index contributed by atoms with van der Waals surface area (Å²) in [5.74, 6) is 0.415. The summed E-state index contributed by atoms with van der Waals surface area (Å²) in [4.78, 5) is 25.5. The zero-order chi connectivity index (χ0) is 21.5. The molecule has 0 unspecified atom stereocenters. The Balaban J connectivity index is 1.57. The molecule has 0 saturated carbocycles. The molecule has 1 heterocycles. The van der Waals surface area contributed by atoms with Crippen LogP contribution in [-0.2, 0) is 9.59 Å². The molecule has 0 radical (unpaired) electrons. The van der Waals surface area contributed by atoms with Crippen molar-refractivity contribution in [3.05, 3.63) is 54.4 Å². The Kier molecular flexibility index (Phi) is 6.58. The average Bonchev–Trinajstić information content (AvgIpc) is 3.27. The summed E-state index contributed by atoms with van der Waals surface area (Å²) in [5.41, 5.74) is 2.18. The molecule has 0 aliphatic carbocycles. The molecule has 3 aromatic rings. The number of hydrogen-bond acceptors (Lipinski definition) is 7. The number of hydrogen-bond donors (Lipinski definition) is 1. The van der Waals surface area contributed by atoms with Crippen LogP contribution in [0.3, 0.4) is 0 Å². The van der Waals surface area contributed by atoms with Crippen LogP contribution in [0, 0.1) is 6.92 Å². The van der Waals surface area contributed by atoms with E-state index in [0.29, 0.717) is 17.2 Å². The maximum atomic E-state index is 12.3. The Morgan fingerprint density at radius 3 is 2.50 bits per heavy atom. The van der Waals surface area contributed by atoms with Gasteiger partial charge in [0.1, 0.15) is 17.8 Å².